The molecule has 2 rings (SSSR count). The summed E-state index contributed by atoms with van der Waals surface area (Å²) in [5.74, 6) is -0.875. The fourth-order valence-electron chi connectivity index (χ4n) is 2.41. The third-order valence-electron chi connectivity index (χ3n) is 4.10. The zero-order valence-corrected chi connectivity index (χ0v) is 15.2. The molecule has 1 aromatic rings. The number of carbonyl (C=O) groups excluding carboxylic acids is 3. The normalized spacial score (nSPS) is 13.8. The molecule has 136 valence electrons. The molecule has 0 fully saturated rings. The van der Waals surface area contributed by atoms with Crippen LogP contribution in [0.25, 0.3) is 0 Å². The molecule has 1 N–H and O–H groups in total. The number of amides is 2. The van der Waals surface area contributed by atoms with Crippen LogP contribution in [0.15, 0.2) is 18.2 Å². The Balaban J connectivity index is 1.86. The highest BCUT2D eigenvalue weighted by atomic mass is 16.5. The van der Waals surface area contributed by atoms with Gasteiger partial charge in [-0.15, -0.1) is 0 Å². The monoisotopic (exact) mass is 347 g/mol. The van der Waals surface area contributed by atoms with Gasteiger partial charge in [-0.3, -0.25) is 14.9 Å². The van der Waals surface area contributed by atoms with Gasteiger partial charge in [-0.1, -0.05) is 13.8 Å². The molecule has 25 heavy (non-hydrogen) atoms. The topological polar surface area (TPSA) is 81.7 Å². The Hall–Kier alpha value is -2.21. The van der Waals surface area contributed by atoms with Crippen LogP contribution in [0, 0.1) is 5.92 Å². The van der Waals surface area contributed by atoms with Gasteiger partial charge in [0.05, 0.1) is 28.9 Å². The zero-order valence-electron chi connectivity index (χ0n) is 15.2. The van der Waals surface area contributed by atoms with E-state index in [0.717, 1.165) is 6.42 Å². The number of hydrogen-bond donors (Lipinski definition) is 1. The molecule has 0 aromatic heterocycles. The summed E-state index contributed by atoms with van der Waals surface area (Å²) in [6, 6.07) is 4.34. The van der Waals surface area contributed by atoms with Gasteiger partial charge in [0, 0.05) is 13.0 Å². The third kappa shape index (κ3) is 5.13. The Labute approximate surface area is 147 Å². The van der Waals surface area contributed by atoms with Gasteiger partial charge in [0.15, 0.2) is 0 Å². The molecule has 0 atom stereocenters. The van der Waals surface area contributed by atoms with Crippen LogP contribution in [0.5, 0.6) is 0 Å². The van der Waals surface area contributed by atoms with Gasteiger partial charge >= 0.3 is 5.97 Å². The van der Waals surface area contributed by atoms with Crippen LogP contribution in [-0.4, -0.2) is 36.6 Å². The first-order chi connectivity index (χ1) is 11.7. The van der Waals surface area contributed by atoms with E-state index in [4.69, 9.17) is 9.47 Å². The van der Waals surface area contributed by atoms with E-state index in [9.17, 15) is 14.4 Å². The van der Waals surface area contributed by atoms with Gasteiger partial charge in [0.2, 0.25) is 0 Å². The number of rotatable bonds is 8. The molecule has 2 amide bonds. The second-order valence-electron chi connectivity index (χ2n) is 7.22. The largest absolute Gasteiger partial charge is 0.462 e. The Bertz CT molecular complexity index is 678. The van der Waals surface area contributed by atoms with Crippen molar-refractivity contribution in [2.45, 2.75) is 46.1 Å². The minimum absolute atomic E-state index is 0.205. The fraction of sp³-hybridized carbons (Fsp3) is 0.526. The van der Waals surface area contributed by atoms with Gasteiger partial charge < -0.3 is 9.47 Å². The zero-order chi connectivity index (χ0) is 18.6. The summed E-state index contributed by atoms with van der Waals surface area (Å²) in [5.41, 5.74) is 0.361. The average molecular weight is 347 g/mol. The first-order valence-electron chi connectivity index (χ1n) is 8.50. The Kier molecular flexibility index (Phi) is 5.95. The van der Waals surface area contributed by atoms with Crippen LogP contribution >= 0.6 is 0 Å². The Morgan fingerprint density at radius 3 is 2.48 bits per heavy atom. The molecule has 1 aromatic carbocycles. The van der Waals surface area contributed by atoms with Crippen molar-refractivity contribution in [1.29, 1.82) is 0 Å². The summed E-state index contributed by atoms with van der Waals surface area (Å²) in [4.78, 5) is 35.3. The van der Waals surface area contributed by atoms with E-state index in [1.165, 1.54) is 18.2 Å². The van der Waals surface area contributed by atoms with Crippen LogP contribution in [-0.2, 0) is 9.47 Å². The molecule has 0 bridgehead atoms. The SMILES string of the molecule is CC(C)CCOC(C)(C)CCOC(=O)c1ccc2c(c1)C(=O)NC2=O. The predicted octanol–water partition coefficient (Wildman–Crippen LogP) is 2.96. The molecule has 0 spiro atoms. The lowest BCUT2D eigenvalue weighted by molar-refractivity contribution is -0.0397. The lowest BCUT2D eigenvalue weighted by atomic mass is 10.0. The number of esters is 1. The molecular weight excluding hydrogens is 322 g/mol. The van der Waals surface area contributed by atoms with Crippen molar-refractivity contribution in [3.8, 4) is 0 Å². The summed E-state index contributed by atoms with van der Waals surface area (Å²) in [6.45, 7) is 9.10. The van der Waals surface area contributed by atoms with Crippen LogP contribution in [0.3, 0.4) is 0 Å². The van der Waals surface area contributed by atoms with Crippen molar-refractivity contribution < 1.29 is 23.9 Å². The maximum absolute atomic E-state index is 12.1. The molecule has 0 saturated carbocycles. The number of carbonyl (C=O) groups is 3. The molecule has 6 nitrogen and oxygen atoms in total. The van der Waals surface area contributed by atoms with Crippen molar-refractivity contribution in [1.82, 2.24) is 5.32 Å². The molecule has 0 aliphatic carbocycles. The quantitative estimate of drug-likeness (QED) is 0.577. The van der Waals surface area contributed by atoms with E-state index in [-0.39, 0.29) is 28.9 Å². The second-order valence-corrected chi connectivity index (χ2v) is 7.22. The fourth-order valence-corrected chi connectivity index (χ4v) is 2.41. The molecule has 0 unspecified atom stereocenters. The summed E-state index contributed by atoms with van der Waals surface area (Å²) >= 11 is 0. The van der Waals surface area contributed by atoms with Crippen LogP contribution in [0.1, 0.15) is 71.6 Å². The van der Waals surface area contributed by atoms with E-state index < -0.39 is 17.8 Å². The molecule has 1 aliphatic heterocycles. The molecule has 0 radical (unpaired) electrons. The van der Waals surface area contributed by atoms with Crippen molar-refractivity contribution in [2.24, 2.45) is 5.92 Å². The lowest BCUT2D eigenvalue weighted by Gasteiger charge is -2.25. The van der Waals surface area contributed by atoms with E-state index in [2.05, 4.69) is 19.2 Å². The predicted molar refractivity (Wildman–Crippen MR) is 92.6 cm³/mol. The highest BCUT2D eigenvalue weighted by molar-refractivity contribution is 6.22. The number of fused-ring (bicyclic) bond motifs is 1. The van der Waals surface area contributed by atoms with Gasteiger partial charge in [-0.05, 0) is 44.4 Å². The minimum atomic E-state index is -0.520. The average Bonchev–Trinajstić information content (AvgIpc) is 2.80. The number of imide groups is 1. The van der Waals surface area contributed by atoms with Crippen LogP contribution in [0.4, 0.5) is 0 Å². The van der Waals surface area contributed by atoms with Crippen molar-refractivity contribution in [2.75, 3.05) is 13.2 Å². The van der Waals surface area contributed by atoms with E-state index in [0.29, 0.717) is 18.9 Å². The molecular formula is C19H25NO5. The van der Waals surface area contributed by atoms with Crippen LogP contribution in [0.2, 0.25) is 0 Å². The van der Waals surface area contributed by atoms with E-state index >= 15 is 0 Å². The maximum Gasteiger partial charge on any atom is 0.338 e. The van der Waals surface area contributed by atoms with Crippen molar-refractivity contribution in [3.05, 3.63) is 34.9 Å². The van der Waals surface area contributed by atoms with Crippen LogP contribution < -0.4 is 5.32 Å². The van der Waals surface area contributed by atoms with Gasteiger partial charge in [0.1, 0.15) is 0 Å². The first-order valence-corrected chi connectivity index (χ1v) is 8.50. The van der Waals surface area contributed by atoms with Crippen molar-refractivity contribution in [3.63, 3.8) is 0 Å². The van der Waals surface area contributed by atoms with E-state index in [1.54, 1.807) is 0 Å². The maximum atomic E-state index is 12.1. The molecule has 1 aliphatic rings. The smallest absolute Gasteiger partial charge is 0.338 e. The number of benzene rings is 1. The first kappa shape index (κ1) is 19.1. The number of nitrogens with one attached hydrogen (secondary N) is 1. The molecule has 0 saturated heterocycles. The number of hydrogen-bond acceptors (Lipinski definition) is 5. The minimum Gasteiger partial charge on any atom is -0.462 e. The van der Waals surface area contributed by atoms with Gasteiger partial charge in [-0.25, -0.2) is 4.79 Å². The lowest BCUT2D eigenvalue weighted by Crippen LogP contribution is -2.28. The van der Waals surface area contributed by atoms with E-state index in [1.807, 2.05) is 13.8 Å². The van der Waals surface area contributed by atoms with Crippen molar-refractivity contribution >= 4 is 17.8 Å². The second kappa shape index (κ2) is 7.78. The summed E-state index contributed by atoms with van der Waals surface area (Å²) in [5, 5.41) is 2.19. The van der Waals surface area contributed by atoms with Gasteiger partial charge in [0.25, 0.3) is 11.8 Å². The highest BCUT2D eigenvalue weighted by Crippen LogP contribution is 2.19. The highest BCUT2D eigenvalue weighted by Gasteiger charge is 2.28. The third-order valence-corrected chi connectivity index (χ3v) is 4.10. The number of ether oxygens (including phenoxy) is 2. The Morgan fingerprint density at radius 1 is 1.12 bits per heavy atom. The summed E-state index contributed by atoms with van der Waals surface area (Å²) in [6.07, 6.45) is 1.56. The molecule has 1 heterocycles. The summed E-state index contributed by atoms with van der Waals surface area (Å²) in [7, 11) is 0. The standard InChI is InChI=1S/C19H25NO5/c1-12(2)7-9-25-19(3,4)8-10-24-18(23)13-5-6-14-15(11-13)17(22)20-16(14)21/h5-6,11-12H,7-10H2,1-4H3,(H,20,21,22). The Morgan fingerprint density at radius 2 is 1.80 bits per heavy atom. The van der Waals surface area contributed by atoms with Gasteiger partial charge in [-0.2, -0.15) is 0 Å². The molecule has 6 heteroatoms. The summed E-state index contributed by atoms with van der Waals surface area (Å²) < 4.78 is 11.1.